The van der Waals surface area contributed by atoms with Gasteiger partial charge < -0.3 is 10.1 Å². The third-order valence-electron chi connectivity index (χ3n) is 4.00. The predicted molar refractivity (Wildman–Crippen MR) is 105 cm³/mol. The Labute approximate surface area is 169 Å². The zero-order chi connectivity index (χ0) is 21.7. The minimum Gasteiger partial charge on any atom is -0.463 e. The van der Waals surface area contributed by atoms with Crippen molar-refractivity contribution in [3.8, 4) is 0 Å². The first kappa shape index (κ1) is 21.0. The summed E-state index contributed by atoms with van der Waals surface area (Å²) in [6.07, 6.45) is -1.17. The number of hydrogen-bond acceptors (Lipinski definition) is 5. The van der Waals surface area contributed by atoms with Crippen molar-refractivity contribution < 1.29 is 27.5 Å². The van der Waals surface area contributed by atoms with Gasteiger partial charge in [0.2, 0.25) is 0 Å². The lowest BCUT2D eigenvalue weighted by atomic mass is 10.1. The number of hydrogen-bond donors (Lipinski definition) is 1. The fourth-order valence-electron chi connectivity index (χ4n) is 2.60. The number of pyridine rings is 2. The fraction of sp³-hybridized carbons (Fsp3) is 0.143. The highest BCUT2D eigenvalue weighted by molar-refractivity contribution is 6.11. The molecule has 154 valence electrons. The van der Waals surface area contributed by atoms with Gasteiger partial charge in [0, 0.05) is 17.7 Å². The third kappa shape index (κ3) is 4.99. The molecule has 0 unspecified atom stereocenters. The average molecular weight is 415 g/mol. The highest BCUT2D eigenvalue weighted by Crippen LogP contribution is 2.29. The number of anilines is 1. The predicted octanol–water partition coefficient (Wildman–Crippen LogP) is 4.48. The van der Waals surface area contributed by atoms with Crippen LogP contribution in [-0.4, -0.2) is 28.5 Å². The van der Waals surface area contributed by atoms with E-state index < -0.39 is 23.6 Å². The van der Waals surface area contributed by atoms with Gasteiger partial charge in [0.1, 0.15) is 5.82 Å². The number of benzene rings is 1. The zero-order valence-electron chi connectivity index (χ0n) is 15.7. The van der Waals surface area contributed by atoms with Crippen LogP contribution >= 0.6 is 0 Å². The number of fused-ring (bicyclic) bond motifs is 1. The molecule has 30 heavy (non-hydrogen) atoms. The Hall–Kier alpha value is -3.75. The number of rotatable bonds is 5. The zero-order valence-corrected chi connectivity index (χ0v) is 15.7. The van der Waals surface area contributed by atoms with E-state index in [-0.39, 0.29) is 18.0 Å². The average Bonchev–Trinajstić information content (AvgIpc) is 2.71. The highest BCUT2D eigenvalue weighted by atomic mass is 19.4. The summed E-state index contributed by atoms with van der Waals surface area (Å²) in [5.41, 5.74) is 0.0994. The van der Waals surface area contributed by atoms with E-state index in [1.807, 2.05) is 0 Å². The molecule has 9 heteroatoms. The topological polar surface area (TPSA) is 81.2 Å². The van der Waals surface area contributed by atoms with Crippen molar-refractivity contribution in [3.63, 3.8) is 0 Å². The normalized spacial score (nSPS) is 11.6. The monoisotopic (exact) mass is 415 g/mol. The van der Waals surface area contributed by atoms with Gasteiger partial charge in [-0.25, -0.2) is 14.8 Å². The molecule has 1 amide bonds. The second-order valence-corrected chi connectivity index (χ2v) is 6.08. The van der Waals surface area contributed by atoms with Crippen molar-refractivity contribution in [1.29, 1.82) is 0 Å². The summed E-state index contributed by atoms with van der Waals surface area (Å²) in [5, 5.41) is 3.14. The highest BCUT2D eigenvalue weighted by Gasteiger charge is 2.30. The summed E-state index contributed by atoms with van der Waals surface area (Å²) in [6.45, 7) is 1.94. The molecule has 1 N–H and O–H groups in total. The van der Waals surface area contributed by atoms with Gasteiger partial charge >= 0.3 is 12.1 Å². The molecular formula is C21H16F3N3O3. The molecule has 0 radical (unpaired) electrons. The largest absolute Gasteiger partial charge is 0.463 e. The quantitative estimate of drug-likeness (QED) is 0.491. The van der Waals surface area contributed by atoms with E-state index in [4.69, 9.17) is 4.74 Å². The standard InChI is InChI=1S/C21H16F3N3O3/c1-2-30-18(28)11-9-15-8-6-13-4-3-5-16(19(13)26-15)20(29)27-17-10-7-14(12-25-17)21(22,23)24/h3-12H,2H2,1H3,(H,25,27,29)/b11-9+. The molecule has 0 aliphatic carbocycles. The Kier molecular flexibility index (Phi) is 6.10. The number of amides is 1. The first-order valence-electron chi connectivity index (χ1n) is 8.87. The first-order chi connectivity index (χ1) is 14.3. The molecule has 0 bridgehead atoms. The van der Waals surface area contributed by atoms with Gasteiger partial charge in [0.05, 0.1) is 28.9 Å². The maximum absolute atomic E-state index is 12.7. The van der Waals surface area contributed by atoms with E-state index in [9.17, 15) is 22.8 Å². The van der Waals surface area contributed by atoms with Gasteiger partial charge in [0.15, 0.2) is 0 Å². The molecular weight excluding hydrogens is 399 g/mol. The molecule has 6 nitrogen and oxygen atoms in total. The molecule has 1 aromatic carbocycles. The SMILES string of the molecule is CCOC(=O)/C=C/c1ccc2cccc(C(=O)Nc3ccc(C(F)(F)F)cn3)c2n1. The number of ether oxygens (including phenoxy) is 1. The van der Waals surface area contributed by atoms with E-state index in [0.29, 0.717) is 22.8 Å². The van der Waals surface area contributed by atoms with Crippen molar-refractivity contribution in [2.75, 3.05) is 11.9 Å². The van der Waals surface area contributed by atoms with Crippen LogP contribution in [0.25, 0.3) is 17.0 Å². The number of carbonyl (C=O) groups is 2. The summed E-state index contributed by atoms with van der Waals surface area (Å²) in [5.74, 6) is -1.12. The van der Waals surface area contributed by atoms with E-state index in [0.717, 1.165) is 12.1 Å². The van der Waals surface area contributed by atoms with Crippen LogP contribution < -0.4 is 5.32 Å². The Bertz CT molecular complexity index is 1110. The number of esters is 1. The summed E-state index contributed by atoms with van der Waals surface area (Å²) in [7, 11) is 0. The maximum Gasteiger partial charge on any atom is 0.417 e. The Balaban J connectivity index is 1.86. The van der Waals surface area contributed by atoms with E-state index in [1.165, 1.54) is 18.2 Å². The van der Waals surface area contributed by atoms with Crippen LogP contribution in [0.1, 0.15) is 28.5 Å². The van der Waals surface area contributed by atoms with Crippen LogP contribution in [0.15, 0.2) is 54.7 Å². The van der Waals surface area contributed by atoms with Gasteiger partial charge in [-0.15, -0.1) is 0 Å². The summed E-state index contributed by atoms with van der Waals surface area (Å²) in [6, 6.07) is 10.3. The van der Waals surface area contributed by atoms with Gasteiger partial charge in [-0.05, 0) is 37.3 Å². The van der Waals surface area contributed by atoms with E-state index >= 15 is 0 Å². The van der Waals surface area contributed by atoms with E-state index in [2.05, 4.69) is 15.3 Å². The van der Waals surface area contributed by atoms with Crippen molar-refractivity contribution in [1.82, 2.24) is 9.97 Å². The molecule has 3 aromatic rings. The molecule has 0 aliphatic rings. The first-order valence-corrected chi connectivity index (χ1v) is 8.87. The number of nitrogens with zero attached hydrogens (tertiary/aromatic N) is 2. The lowest BCUT2D eigenvalue weighted by molar-refractivity contribution is -0.138. The third-order valence-corrected chi connectivity index (χ3v) is 4.00. The summed E-state index contributed by atoms with van der Waals surface area (Å²) >= 11 is 0. The van der Waals surface area contributed by atoms with Crippen LogP contribution in [0.4, 0.5) is 19.0 Å². The molecule has 0 saturated carbocycles. The number of carbonyl (C=O) groups excluding carboxylic acids is 2. The molecule has 0 aliphatic heterocycles. The maximum atomic E-state index is 12.7. The second kappa shape index (κ2) is 8.73. The lowest BCUT2D eigenvalue weighted by Gasteiger charge is -2.09. The molecule has 3 rings (SSSR count). The molecule has 0 fully saturated rings. The number of halogens is 3. The number of nitrogens with one attached hydrogen (secondary N) is 1. The van der Waals surface area contributed by atoms with Crippen molar-refractivity contribution in [2.45, 2.75) is 13.1 Å². The van der Waals surface area contributed by atoms with Crippen LogP contribution in [-0.2, 0) is 15.7 Å². The van der Waals surface area contributed by atoms with E-state index in [1.54, 1.807) is 31.2 Å². The van der Waals surface area contributed by atoms with Crippen LogP contribution in [0, 0.1) is 0 Å². The van der Waals surface area contributed by atoms with Crippen molar-refractivity contribution >= 4 is 34.7 Å². The van der Waals surface area contributed by atoms with Crippen LogP contribution in [0.5, 0.6) is 0 Å². The summed E-state index contributed by atoms with van der Waals surface area (Å²) < 4.78 is 42.7. The smallest absolute Gasteiger partial charge is 0.417 e. The number of aromatic nitrogens is 2. The van der Waals surface area contributed by atoms with Gasteiger partial charge in [0.25, 0.3) is 5.91 Å². The molecule has 0 atom stereocenters. The van der Waals surface area contributed by atoms with Gasteiger partial charge in [-0.3, -0.25) is 4.79 Å². The molecule has 2 heterocycles. The molecule has 0 spiro atoms. The number of alkyl halides is 3. The van der Waals surface area contributed by atoms with Crippen molar-refractivity contribution in [3.05, 3.63) is 71.6 Å². The molecule has 0 saturated heterocycles. The molecule has 2 aromatic heterocycles. The lowest BCUT2D eigenvalue weighted by Crippen LogP contribution is -2.14. The summed E-state index contributed by atoms with van der Waals surface area (Å²) in [4.78, 5) is 32.2. The van der Waals surface area contributed by atoms with Crippen molar-refractivity contribution in [2.24, 2.45) is 0 Å². The minimum atomic E-state index is -4.51. The van der Waals surface area contributed by atoms with Gasteiger partial charge in [-0.1, -0.05) is 18.2 Å². The minimum absolute atomic E-state index is 0.0247. The van der Waals surface area contributed by atoms with Crippen LogP contribution in [0.3, 0.4) is 0 Å². The second-order valence-electron chi connectivity index (χ2n) is 6.08. The fourth-order valence-corrected chi connectivity index (χ4v) is 2.60. The Morgan fingerprint density at radius 2 is 1.93 bits per heavy atom. The number of para-hydroxylation sites is 1. The Morgan fingerprint density at radius 3 is 2.60 bits per heavy atom. The van der Waals surface area contributed by atoms with Gasteiger partial charge in [-0.2, -0.15) is 13.2 Å². The van der Waals surface area contributed by atoms with Crippen LogP contribution in [0.2, 0.25) is 0 Å². The Morgan fingerprint density at radius 1 is 1.13 bits per heavy atom.